The summed E-state index contributed by atoms with van der Waals surface area (Å²) in [6.45, 7) is 1.48. The third-order valence-electron chi connectivity index (χ3n) is 1.58. The van der Waals surface area contributed by atoms with Crippen molar-refractivity contribution in [1.29, 1.82) is 0 Å². The summed E-state index contributed by atoms with van der Waals surface area (Å²) in [6, 6.07) is 1.27. The van der Waals surface area contributed by atoms with Gasteiger partial charge in [-0.25, -0.2) is 8.78 Å². The van der Waals surface area contributed by atoms with Crippen LogP contribution in [0, 0.1) is 6.92 Å². The molecular weight excluding hydrogens is 214 g/mol. The average Bonchev–Trinajstić information content (AvgIpc) is 2.07. The lowest BCUT2D eigenvalue weighted by molar-refractivity contribution is 0.0999. The molecule has 1 amide bonds. The van der Waals surface area contributed by atoms with Crippen LogP contribution in [0.4, 0.5) is 8.78 Å². The Morgan fingerprint density at radius 1 is 1.64 bits per heavy atom. The number of aromatic nitrogens is 1. The van der Waals surface area contributed by atoms with E-state index in [1.807, 2.05) is 0 Å². The first-order valence-corrected chi connectivity index (χ1v) is 4.06. The number of carbonyl (C=O) groups excluding carboxylic acids is 1. The van der Waals surface area contributed by atoms with Gasteiger partial charge in [0.15, 0.2) is 0 Å². The van der Waals surface area contributed by atoms with Crippen molar-refractivity contribution in [2.24, 2.45) is 5.73 Å². The minimum atomic E-state index is -2.82. The fraction of sp³-hybridized carbons (Fsp3) is 0.250. The van der Waals surface area contributed by atoms with Gasteiger partial charge in [-0.05, 0) is 13.0 Å². The van der Waals surface area contributed by atoms with E-state index in [0.717, 1.165) is 0 Å². The van der Waals surface area contributed by atoms with Crippen LogP contribution >= 0.6 is 11.6 Å². The van der Waals surface area contributed by atoms with Gasteiger partial charge in [-0.3, -0.25) is 9.78 Å². The van der Waals surface area contributed by atoms with E-state index in [4.69, 9.17) is 17.3 Å². The van der Waals surface area contributed by atoms with Gasteiger partial charge in [-0.15, -0.1) is 0 Å². The van der Waals surface area contributed by atoms with E-state index in [1.165, 1.54) is 13.0 Å². The Balaban J connectivity index is 3.40. The predicted molar refractivity (Wildman–Crippen MR) is 47.5 cm³/mol. The van der Waals surface area contributed by atoms with Crippen LogP contribution in [0.2, 0.25) is 5.02 Å². The van der Waals surface area contributed by atoms with E-state index >= 15 is 0 Å². The minimum Gasteiger partial charge on any atom is -0.366 e. The van der Waals surface area contributed by atoms with Crippen molar-refractivity contribution in [3.8, 4) is 0 Å². The largest absolute Gasteiger partial charge is 0.366 e. The Labute approximate surface area is 83.9 Å². The Hall–Kier alpha value is -1.23. The minimum absolute atomic E-state index is 0.130. The first kappa shape index (κ1) is 10.8. The fourth-order valence-electron chi connectivity index (χ4n) is 1.01. The van der Waals surface area contributed by atoms with Gasteiger partial charge in [-0.1, -0.05) is 11.6 Å². The molecule has 76 valence electrons. The second kappa shape index (κ2) is 3.88. The highest BCUT2D eigenvalue weighted by Gasteiger charge is 2.19. The van der Waals surface area contributed by atoms with E-state index in [1.54, 1.807) is 0 Å². The van der Waals surface area contributed by atoms with Crippen LogP contribution in [0.5, 0.6) is 0 Å². The normalized spacial score (nSPS) is 10.6. The zero-order valence-corrected chi connectivity index (χ0v) is 7.98. The summed E-state index contributed by atoms with van der Waals surface area (Å²) in [4.78, 5) is 14.3. The van der Waals surface area contributed by atoms with Gasteiger partial charge in [0.05, 0.1) is 10.6 Å². The van der Waals surface area contributed by atoms with E-state index in [-0.39, 0.29) is 16.3 Å². The molecule has 0 aromatic carbocycles. The number of nitrogens with zero attached hydrogens (tertiary/aromatic N) is 1. The zero-order valence-electron chi connectivity index (χ0n) is 7.22. The molecule has 0 spiro atoms. The molecule has 0 aliphatic heterocycles. The maximum absolute atomic E-state index is 12.4. The maximum Gasteiger partial charge on any atom is 0.281 e. The third kappa shape index (κ3) is 1.98. The van der Waals surface area contributed by atoms with Gasteiger partial charge < -0.3 is 5.73 Å². The van der Waals surface area contributed by atoms with Gasteiger partial charge in [0, 0.05) is 5.69 Å². The van der Waals surface area contributed by atoms with Crippen LogP contribution in [-0.2, 0) is 0 Å². The molecule has 0 saturated heterocycles. The Kier molecular flexibility index (Phi) is 3.00. The average molecular weight is 221 g/mol. The van der Waals surface area contributed by atoms with Crippen molar-refractivity contribution in [1.82, 2.24) is 4.98 Å². The number of pyridine rings is 1. The molecule has 1 aromatic heterocycles. The monoisotopic (exact) mass is 220 g/mol. The molecule has 1 aromatic rings. The smallest absolute Gasteiger partial charge is 0.281 e. The van der Waals surface area contributed by atoms with Crippen LogP contribution in [-0.4, -0.2) is 10.9 Å². The molecule has 6 heteroatoms. The molecule has 3 nitrogen and oxygen atoms in total. The van der Waals surface area contributed by atoms with Crippen molar-refractivity contribution in [3.05, 3.63) is 28.0 Å². The first-order valence-electron chi connectivity index (χ1n) is 3.68. The van der Waals surface area contributed by atoms with Crippen molar-refractivity contribution in [2.45, 2.75) is 13.3 Å². The van der Waals surface area contributed by atoms with Crippen LogP contribution in [0.3, 0.4) is 0 Å². The second-order valence-electron chi connectivity index (χ2n) is 2.68. The summed E-state index contributed by atoms with van der Waals surface area (Å²) in [5.74, 6) is -0.845. The molecule has 1 rings (SSSR count). The highest BCUT2D eigenvalue weighted by molar-refractivity contribution is 6.34. The fourth-order valence-corrected chi connectivity index (χ4v) is 1.28. The lowest BCUT2D eigenvalue weighted by Crippen LogP contribution is -2.13. The molecule has 0 unspecified atom stereocenters. The second-order valence-corrected chi connectivity index (χ2v) is 3.05. The summed E-state index contributed by atoms with van der Waals surface area (Å²) in [7, 11) is 0. The number of alkyl halides is 2. The Morgan fingerprint density at radius 2 is 2.21 bits per heavy atom. The summed E-state index contributed by atoms with van der Waals surface area (Å²) >= 11 is 5.53. The van der Waals surface area contributed by atoms with E-state index in [9.17, 15) is 13.6 Å². The number of primary amides is 1. The number of halogens is 3. The first-order chi connectivity index (χ1) is 6.43. The quantitative estimate of drug-likeness (QED) is 0.830. The van der Waals surface area contributed by atoms with Crippen molar-refractivity contribution < 1.29 is 13.6 Å². The Morgan fingerprint density at radius 3 is 2.64 bits per heavy atom. The van der Waals surface area contributed by atoms with E-state index in [2.05, 4.69) is 4.98 Å². The molecule has 0 saturated carbocycles. The van der Waals surface area contributed by atoms with Crippen molar-refractivity contribution in [2.75, 3.05) is 0 Å². The van der Waals surface area contributed by atoms with Gasteiger partial charge in [-0.2, -0.15) is 0 Å². The predicted octanol–water partition coefficient (Wildman–Crippen LogP) is 2.08. The van der Waals surface area contributed by atoms with Crippen molar-refractivity contribution >= 4 is 17.5 Å². The molecule has 1 heterocycles. The molecule has 0 aliphatic rings. The molecule has 0 aliphatic carbocycles. The third-order valence-corrected chi connectivity index (χ3v) is 1.98. The number of hydrogen-bond acceptors (Lipinski definition) is 2. The number of carbonyl (C=O) groups is 1. The summed E-state index contributed by atoms with van der Waals surface area (Å²) in [5, 5.41) is -0.377. The number of aryl methyl sites for hydroxylation is 1. The van der Waals surface area contributed by atoms with Gasteiger partial charge >= 0.3 is 0 Å². The number of rotatable bonds is 2. The summed E-state index contributed by atoms with van der Waals surface area (Å²) < 4.78 is 24.7. The van der Waals surface area contributed by atoms with E-state index in [0.29, 0.717) is 0 Å². The lowest BCUT2D eigenvalue weighted by atomic mass is 10.2. The van der Waals surface area contributed by atoms with Crippen LogP contribution < -0.4 is 5.73 Å². The SMILES string of the molecule is Cc1cc(C(N)=O)c(Cl)c(C(F)F)n1. The van der Waals surface area contributed by atoms with Crippen LogP contribution in [0.15, 0.2) is 6.07 Å². The number of amides is 1. The molecule has 0 atom stereocenters. The summed E-state index contributed by atoms with van der Waals surface area (Å²) in [5.41, 5.74) is 4.49. The lowest BCUT2D eigenvalue weighted by Gasteiger charge is -2.06. The van der Waals surface area contributed by atoms with Crippen molar-refractivity contribution in [3.63, 3.8) is 0 Å². The molecular formula is C8H7ClF2N2O. The highest BCUT2D eigenvalue weighted by atomic mass is 35.5. The molecule has 2 N–H and O–H groups in total. The molecule has 0 fully saturated rings. The standard InChI is InChI=1S/C8H7ClF2N2O/c1-3-2-4(8(12)14)5(9)6(13-3)7(10)11/h2,7H,1H3,(H2,12,14). The van der Waals surface area contributed by atoms with E-state index < -0.39 is 18.0 Å². The van der Waals surface area contributed by atoms with Gasteiger partial charge in [0.1, 0.15) is 5.69 Å². The zero-order chi connectivity index (χ0) is 10.9. The maximum atomic E-state index is 12.4. The molecule has 0 radical (unpaired) electrons. The topological polar surface area (TPSA) is 56.0 Å². The summed E-state index contributed by atoms with van der Waals surface area (Å²) in [6.07, 6.45) is -2.82. The van der Waals surface area contributed by atoms with Gasteiger partial charge in [0.2, 0.25) is 5.91 Å². The molecule has 14 heavy (non-hydrogen) atoms. The Bertz CT molecular complexity index is 382. The number of nitrogens with two attached hydrogens (primary N) is 1. The van der Waals surface area contributed by atoms with Crippen LogP contribution in [0.1, 0.15) is 28.2 Å². The molecule has 0 bridgehead atoms. The van der Waals surface area contributed by atoms with Crippen LogP contribution in [0.25, 0.3) is 0 Å². The van der Waals surface area contributed by atoms with Gasteiger partial charge in [0.25, 0.3) is 6.43 Å². The number of hydrogen-bond donors (Lipinski definition) is 1. The highest BCUT2D eigenvalue weighted by Crippen LogP contribution is 2.28.